The molecule has 1 aromatic heterocycles. The maximum atomic E-state index is 14.0. The Morgan fingerprint density at radius 3 is 2.49 bits per heavy atom. The number of rotatable bonds is 9. The maximum Gasteiger partial charge on any atom is 0.248 e. The lowest BCUT2D eigenvalue weighted by molar-refractivity contribution is -0.127. The van der Waals surface area contributed by atoms with Crippen molar-refractivity contribution in [2.24, 2.45) is 0 Å². The summed E-state index contributed by atoms with van der Waals surface area (Å²) >= 11 is 1.52. The lowest BCUT2D eigenvalue weighted by Gasteiger charge is -2.34. The molecule has 0 bridgehead atoms. The molecule has 0 unspecified atom stereocenters. The zero-order valence-electron chi connectivity index (χ0n) is 20.5. The second kappa shape index (κ2) is 11.4. The SMILES string of the molecule is COc1ccc(OC)c(N(C(=O)Cc2cccs2)[C@@H](C(=O)NC2CCCC2)c2ccccc2C)c1. The smallest absolute Gasteiger partial charge is 0.248 e. The fraction of sp³-hybridized carbons (Fsp3) is 0.357. The first-order valence-corrected chi connectivity index (χ1v) is 12.8. The van der Waals surface area contributed by atoms with E-state index in [1.54, 1.807) is 37.3 Å². The van der Waals surface area contributed by atoms with Gasteiger partial charge < -0.3 is 14.8 Å². The van der Waals surface area contributed by atoms with E-state index in [0.717, 1.165) is 41.7 Å². The van der Waals surface area contributed by atoms with Crippen LogP contribution in [0.3, 0.4) is 0 Å². The van der Waals surface area contributed by atoms with E-state index in [0.29, 0.717) is 17.2 Å². The van der Waals surface area contributed by atoms with E-state index in [1.807, 2.05) is 48.7 Å². The number of aryl methyl sites for hydroxylation is 1. The number of carbonyl (C=O) groups is 2. The highest BCUT2D eigenvalue weighted by Crippen LogP contribution is 2.39. The van der Waals surface area contributed by atoms with Gasteiger partial charge in [-0.1, -0.05) is 43.2 Å². The minimum absolute atomic E-state index is 0.121. The Morgan fingerprint density at radius 1 is 1.06 bits per heavy atom. The van der Waals surface area contributed by atoms with Gasteiger partial charge in [-0.25, -0.2) is 0 Å². The molecule has 0 saturated heterocycles. The highest BCUT2D eigenvalue weighted by atomic mass is 32.1. The first-order valence-electron chi connectivity index (χ1n) is 11.9. The standard InChI is InChI=1S/C28H32N2O4S/c1-19-9-4-7-13-23(19)27(28(32)29-20-10-5-6-11-20)30(26(31)18-22-12-8-16-35-22)24-17-21(33-2)14-15-25(24)34-3/h4,7-9,12-17,20,27H,5-6,10-11,18H2,1-3H3,(H,29,32)/t27-/m1/s1. The Kier molecular flexibility index (Phi) is 8.08. The van der Waals surface area contributed by atoms with Gasteiger partial charge in [0, 0.05) is 17.0 Å². The molecule has 6 nitrogen and oxygen atoms in total. The van der Waals surface area contributed by atoms with Crippen LogP contribution in [-0.4, -0.2) is 32.1 Å². The minimum atomic E-state index is -0.856. The molecular weight excluding hydrogens is 460 g/mol. The zero-order chi connectivity index (χ0) is 24.8. The molecule has 1 atom stereocenters. The number of hydrogen-bond donors (Lipinski definition) is 1. The summed E-state index contributed by atoms with van der Waals surface area (Å²) in [4.78, 5) is 30.5. The fourth-order valence-electron chi connectivity index (χ4n) is 4.69. The molecule has 1 fully saturated rings. The molecule has 184 valence electrons. The zero-order valence-corrected chi connectivity index (χ0v) is 21.3. The molecule has 35 heavy (non-hydrogen) atoms. The third kappa shape index (κ3) is 5.68. The van der Waals surface area contributed by atoms with Crippen LogP contribution in [-0.2, 0) is 16.0 Å². The number of ether oxygens (including phenoxy) is 2. The highest BCUT2D eigenvalue weighted by Gasteiger charge is 2.36. The number of amides is 2. The van der Waals surface area contributed by atoms with Gasteiger partial charge in [0.05, 0.1) is 26.3 Å². The number of anilines is 1. The van der Waals surface area contributed by atoms with Crippen molar-refractivity contribution in [1.29, 1.82) is 0 Å². The van der Waals surface area contributed by atoms with Gasteiger partial charge in [-0.15, -0.1) is 11.3 Å². The van der Waals surface area contributed by atoms with Crippen molar-refractivity contribution in [3.05, 3.63) is 76.0 Å². The van der Waals surface area contributed by atoms with Crippen LogP contribution in [0.5, 0.6) is 11.5 Å². The van der Waals surface area contributed by atoms with Crippen LogP contribution in [0.25, 0.3) is 0 Å². The predicted octanol–water partition coefficient (Wildman–Crippen LogP) is 5.45. The van der Waals surface area contributed by atoms with Crippen LogP contribution in [0.15, 0.2) is 60.0 Å². The molecule has 1 aliphatic rings. The lowest BCUT2D eigenvalue weighted by atomic mass is 9.97. The molecule has 0 radical (unpaired) electrons. The number of thiophene rings is 1. The number of hydrogen-bond acceptors (Lipinski definition) is 5. The van der Waals surface area contributed by atoms with Crippen LogP contribution < -0.4 is 19.7 Å². The monoisotopic (exact) mass is 492 g/mol. The van der Waals surface area contributed by atoms with Gasteiger partial charge in [0.25, 0.3) is 0 Å². The van der Waals surface area contributed by atoms with Gasteiger partial charge in [0.15, 0.2) is 0 Å². The summed E-state index contributed by atoms with van der Waals surface area (Å²) in [5.74, 6) is 0.705. The Morgan fingerprint density at radius 2 is 1.83 bits per heavy atom. The van der Waals surface area contributed by atoms with Crippen molar-refractivity contribution in [1.82, 2.24) is 5.32 Å². The number of nitrogens with zero attached hydrogens (tertiary/aromatic N) is 1. The van der Waals surface area contributed by atoms with E-state index in [4.69, 9.17) is 9.47 Å². The summed E-state index contributed by atoms with van der Waals surface area (Å²) in [5, 5.41) is 5.18. The lowest BCUT2D eigenvalue weighted by Crippen LogP contribution is -2.47. The van der Waals surface area contributed by atoms with Crippen LogP contribution >= 0.6 is 11.3 Å². The van der Waals surface area contributed by atoms with E-state index in [9.17, 15) is 9.59 Å². The second-order valence-corrected chi connectivity index (χ2v) is 9.84. The molecule has 7 heteroatoms. The number of carbonyl (C=O) groups excluding carboxylic acids is 2. The number of nitrogens with one attached hydrogen (secondary N) is 1. The van der Waals surface area contributed by atoms with Gasteiger partial charge in [-0.05, 0) is 54.5 Å². The normalized spacial score (nSPS) is 14.4. The maximum absolute atomic E-state index is 14.0. The second-order valence-electron chi connectivity index (χ2n) is 8.81. The molecule has 1 heterocycles. The van der Waals surface area contributed by atoms with E-state index in [2.05, 4.69) is 5.32 Å². The van der Waals surface area contributed by atoms with Crippen molar-refractivity contribution < 1.29 is 19.1 Å². The largest absolute Gasteiger partial charge is 0.497 e. The quantitative estimate of drug-likeness (QED) is 0.431. The summed E-state index contributed by atoms with van der Waals surface area (Å²) in [5.41, 5.74) is 2.23. The topological polar surface area (TPSA) is 67.9 Å². The van der Waals surface area contributed by atoms with Crippen LogP contribution in [0.2, 0.25) is 0 Å². The van der Waals surface area contributed by atoms with Gasteiger partial charge in [0.1, 0.15) is 17.5 Å². The molecule has 1 N–H and O–H groups in total. The number of methoxy groups -OCH3 is 2. The third-order valence-electron chi connectivity index (χ3n) is 6.51. The Labute approximate surface area is 210 Å². The Balaban J connectivity index is 1.86. The van der Waals surface area contributed by atoms with Crippen molar-refractivity contribution in [3.63, 3.8) is 0 Å². The van der Waals surface area contributed by atoms with E-state index >= 15 is 0 Å². The molecular formula is C28H32N2O4S. The molecule has 2 aromatic carbocycles. The minimum Gasteiger partial charge on any atom is -0.497 e. The van der Waals surface area contributed by atoms with Crippen LogP contribution in [0, 0.1) is 6.92 Å². The predicted molar refractivity (Wildman–Crippen MR) is 139 cm³/mol. The molecule has 2 amide bonds. The molecule has 3 aromatic rings. The van der Waals surface area contributed by atoms with E-state index in [-0.39, 0.29) is 24.3 Å². The van der Waals surface area contributed by atoms with Gasteiger partial charge in [0.2, 0.25) is 11.8 Å². The molecule has 0 aliphatic heterocycles. The fourth-order valence-corrected chi connectivity index (χ4v) is 5.39. The molecule has 4 rings (SSSR count). The third-order valence-corrected chi connectivity index (χ3v) is 7.39. The summed E-state index contributed by atoms with van der Waals surface area (Å²) in [6.45, 7) is 1.97. The first-order chi connectivity index (χ1) is 17.0. The Bertz CT molecular complexity index is 1160. The van der Waals surface area contributed by atoms with E-state index < -0.39 is 6.04 Å². The average molecular weight is 493 g/mol. The van der Waals surface area contributed by atoms with Crippen LogP contribution in [0.4, 0.5) is 5.69 Å². The first kappa shape index (κ1) is 24.8. The average Bonchev–Trinajstić information content (AvgIpc) is 3.57. The summed E-state index contributed by atoms with van der Waals surface area (Å²) in [7, 11) is 3.14. The summed E-state index contributed by atoms with van der Waals surface area (Å²) in [6.07, 6.45) is 4.29. The van der Waals surface area contributed by atoms with Crippen LogP contribution in [0.1, 0.15) is 47.7 Å². The van der Waals surface area contributed by atoms with E-state index in [1.165, 1.54) is 11.3 Å². The molecule has 1 saturated carbocycles. The van der Waals surface area contributed by atoms with Crippen molar-refractivity contribution >= 4 is 28.8 Å². The van der Waals surface area contributed by atoms with Gasteiger partial charge >= 0.3 is 0 Å². The summed E-state index contributed by atoms with van der Waals surface area (Å²) < 4.78 is 11.1. The van der Waals surface area contributed by atoms with Crippen molar-refractivity contribution in [3.8, 4) is 11.5 Å². The highest BCUT2D eigenvalue weighted by molar-refractivity contribution is 7.10. The molecule has 0 spiro atoms. The van der Waals surface area contributed by atoms with Gasteiger partial charge in [-0.2, -0.15) is 0 Å². The molecule has 1 aliphatic carbocycles. The van der Waals surface area contributed by atoms with Gasteiger partial charge in [-0.3, -0.25) is 14.5 Å². The number of benzene rings is 2. The Hall–Kier alpha value is -3.32. The van der Waals surface area contributed by atoms with Crippen molar-refractivity contribution in [2.45, 2.75) is 51.1 Å². The van der Waals surface area contributed by atoms with Crippen molar-refractivity contribution in [2.75, 3.05) is 19.1 Å². The summed E-state index contributed by atoms with van der Waals surface area (Å²) in [6, 6.07) is 16.2.